The van der Waals surface area contributed by atoms with E-state index in [1.807, 2.05) is 54.6 Å². The number of hydrogen-bond donors (Lipinski definition) is 1. The molecule has 0 spiro atoms. The third kappa shape index (κ3) is 6.78. The number of nitrogens with zero attached hydrogens (tertiary/aromatic N) is 2. The van der Waals surface area contributed by atoms with Crippen molar-refractivity contribution in [1.29, 1.82) is 0 Å². The molecule has 0 atom stereocenters. The van der Waals surface area contributed by atoms with Crippen LogP contribution in [0.1, 0.15) is 5.56 Å². The van der Waals surface area contributed by atoms with E-state index in [2.05, 4.69) is 15.2 Å². The van der Waals surface area contributed by atoms with Gasteiger partial charge in [-0.3, -0.25) is 9.48 Å². The third-order valence-electron chi connectivity index (χ3n) is 4.23. The number of aryl methyl sites for hydroxylation is 2. The zero-order valence-electron chi connectivity index (χ0n) is 17.2. The minimum Gasteiger partial charge on any atom is -0.497 e. The summed E-state index contributed by atoms with van der Waals surface area (Å²) in [5, 5.41) is 7.01. The van der Waals surface area contributed by atoms with Crippen LogP contribution in [0.15, 0.2) is 65.7 Å². The van der Waals surface area contributed by atoms with Crippen LogP contribution in [0, 0.1) is 0 Å². The monoisotopic (exact) mass is 441 g/mol. The van der Waals surface area contributed by atoms with Crippen molar-refractivity contribution in [2.24, 2.45) is 0 Å². The number of aromatic nitrogens is 2. The Morgan fingerprint density at radius 3 is 2.65 bits per heavy atom. The van der Waals surface area contributed by atoms with Gasteiger partial charge in [0.15, 0.2) is 0 Å². The van der Waals surface area contributed by atoms with Gasteiger partial charge in [0, 0.05) is 11.4 Å². The molecule has 1 N–H and O–H groups in total. The first kappa shape index (κ1) is 22.2. The molecule has 31 heavy (non-hydrogen) atoms. The fraction of sp³-hybridized carbons (Fsp3) is 0.227. The summed E-state index contributed by atoms with van der Waals surface area (Å²) in [5.41, 5.74) is 1.45. The molecule has 1 heterocycles. The van der Waals surface area contributed by atoms with Gasteiger partial charge in [0.1, 0.15) is 11.4 Å². The van der Waals surface area contributed by atoms with Gasteiger partial charge in [0.2, 0.25) is 5.91 Å². The number of hydrogen-bond acceptors (Lipinski definition) is 7. The standard InChI is InChI=1S/C22H23N3O5S/c1-28-17-9-6-10-18(13-17)31-15-20(26)23-19-14-25(24-21(19)30-22(27)29-2)12-11-16-7-4-3-5-8-16/h3-10,13-14H,11-12,15H2,1-2H3,(H,23,26). The molecule has 0 aliphatic rings. The van der Waals surface area contributed by atoms with Crippen molar-refractivity contribution in [3.8, 4) is 11.6 Å². The second-order valence-corrected chi connectivity index (χ2v) is 7.47. The topological polar surface area (TPSA) is 91.7 Å². The fourth-order valence-electron chi connectivity index (χ4n) is 2.71. The first-order chi connectivity index (χ1) is 15.1. The van der Waals surface area contributed by atoms with Gasteiger partial charge in [-0.2, -0.15) is 0 Å². The molecule has 0 aliphatic heterocycles. The molecule has 3 rings (SSSR count). The SMILES string of the molecule is COC(=O)Oc1nn(CCc2ccccc2)cc1NC(=O)CSc1cccc(OC)c1. The Labute approximate surface area is 184 Å². The summed E-state index contributed by atoms with van der Waals surface area (Å²) >= 11 is 1.36. The number of rotatable bonds is 9. The minimum atomic E-state index is -0.908. The Hall–Kier alpha value is -3.46. The van der Waals surface area contributed by atoms with E-state index in [9.17, 15) is 9.59 Å². The number of ether oxygens (including phenoxy) is 3. The van der Waals surface area contributed by atoms with Gasteiger partial charge in [0.25, 0.3) is 5.88 Å². The summed E-state index contributed by atoms with van der Waals surface area (Å²) in [5.74, 6) is 0.615. The molecule has 2 aromatic carbocycles. The number of carbonyl (C=O) groups is 2. The maximum Gasteiger partial charge on any atom is 0.515 e. The predicted molar refractivity (Wildman–Crippen MR) is 118 cm³/mol. The number of carbonyl (C=O) groups excluding carboxylic acids is 2. The van der Waals surface area contributed by atoms with Crippen LogP contribution in [0.3, 0.4) is 0 Å². The van der Waals surface area contributed by atoms with Crippen molar-refractivity contribution in [1.82, 2.24) is 9.78 Å². The molecular formula is C22H23N3O5S. The average molecular weight is 442 g/mol. The van der Waals surface area contributed by atoms with Crippen LogP contribution in [0.25, 0.3) is 0 Å². The first-order valence-electron chi connectivity index (χ1n) is 9.51. The van der Waals surface area contributed by atoms with Gasteiger partial charge in [-0.05, 0) is 30.2 Å². The molecule has 9 heteroatoms. The smallest absolute Gasteiger partial charge is 0.497 e. The molecule has 0 saturated heterocycles. The van der Waals surface area contributed by atoms with Crippen molar-refractivity contribution in [2.45, 2.75) is 17.9 Å². The third-order valence-corrected chi connectivity index (χ3v) is 5.23. The van der Waals surface area contributed by atoms with Gasteiger partial charge in [0.05, 0.1) is 26.2 Å². The van der Waals surface area contributed by atoms with E-state index in [1.54, 1.807) is 18.0 Å². The first-order valence-corrected chi connectivity index (χ1v) is 10.5. The molecule has 0 unspecified atom stereocenters. The lowest BCUT2D eigenvalue weighted by Gasteiger charge is -2.06. The molecule has 162 valence electrons. The quantitative estimate of drug-likeness (QED) is 0.396. The number of benzene rings is 2. The fourth-order valence-corrected chi connectivity index (χ4v) is 3.46. The lowest BCUT2D eigenvalue weighted by atomic mass is 10.1. The minimum absolute atomic E-state index is 0.0142. The molecule has 1 aromatic heterocycles. The summed E-state index contributed by atoms with van der Waals surface area (Å²) in [6.45, 7) is 0.552. The van der Waals surface area contributed by atoms with Crippen LogP contribution in [0.5, 0.6) is 11.6 Å². The van der Waals surface area contributed by atoms with Crippen molar-refractivity contribution < 1.29 is 23.8 Å². The lowest BCUT2D eigenvalue weighted by Crippen LogP contribution is -2.15. The van der Waals surface area contributed by atoms with E-state index < -0.39 is 6.16 Å². The van der Waals surface area contributed by atoms with Crippen molar-refractivity contribution in [3.05, 3.63) is 66.4 Å². The zero-order valence-corrected chi connectivity index (χ0v) is 18.1. The van der Waals surface area contributed by atoms with E-state index >= 15 is 0 Å². The van der Waals surface area contributed by atoms with E-state index in [0.29, 0.717) is 12.2 Å². The van der Waals surface area contributed by atoms with E-state index in [0.717, 1.165) is 22.6 Å². The maximum absolute atomic E-state index is 12.5. The van der Waals surface area contributed by atoms with E-state index in [1.165, 1.54) is 18.9 Å². The van der Waals surface area contributed by atoms with Crippen LogP contribution in [0.2, 0.25) is 0 Å². The molecule has 1 amide bonds. The second-order valence-electron chi connectivity index (χ2n) is 6.42. The van der Waals surface area contributed by atoms with Crippen molar-refractivity contribution in [2.75, 3.05) is 25.3 Å². The predicted octanol–water partition coefficient (Wildman–Crippen LogP) is 4.01. The molecule has 0 bridgehead atoms. The Morgan fingerprint density at radius 1 is 1.10 bits per heavy atom. The number of amides is 1. The van der Waals surface area contributed by atoms with Gasteiger partial charge >= 0.3 is 6.16 Å². The van der Waals surface area contributed by atoms with Crippen LogP contribution >= 0.6 is 11.8 Å². The van der Waals surface area contributed by atoms with Crippen LogP contribution in [0.4, 0.5) is 10.5 Å². The van der Waals surface area contributed by atoms with Crippen molar-refractivity contribution in [3.63, 3.8) is 0 Å². The highest BCUT2D eigenvalue weighted by atomic mass is 32.2. The summed E-state index contributed by atoms with van der Waals surface area (Å²) in [6.07, 6.45) is 1.46. The number of anilines is 1. The molecular weight excluding hydrogens is 418 g/mol. The van der Waals surface area contributed by atoms with Crippen LogP contribution in [-0.4, -0.2) is 41.8 Å². The molecule has 3 aromatic rings. The van der Waals surface area contributed by atoms with Crippen LogP contribution < -0.4 is 14.8 Å². The zero-order chi connectivity index (χ0) is 22.1. The van der Waals surface area contributed by atoms with Gasteiger partial charge in [-0.1, -0.05) is 36.4 Å². The number of thioether (sulfide) groups is 1. The lowest BCUT2D eigenvalue weighted by molar-refractivity contribution is -0.113. The molecule has 0 saturated carbocycles. The van der Waals surface area contributed by atoms with Crippen LogP contribution in [-0.2, 0) is 22.5 Å². The molecule has 0 radical (unpaired) electrons. The largest absolute Gasteiger partial charge is 0.515 e. The summed E-state index contributed by atoms with van der Waals surface area (Å²) in [4.78, 5) is 24.9. The van der Waals surface area contributed by atoms with Crippen molar-refractivity contribution >= 4 is 29.5 Å². The van der Waals surface area contributed by atoms with Gasteiger partial charge < -0.3 is 19.5 Å². The molecule has 0 aliphatic carbocycles. The highest BCUT2D eigenvalue weighted by Gasteiger charge is 2.17. The summed E-state index contributed by atoms with van der Waals surface area (Å²) in [6, 6.07) is 17.4. The summed E-state index contributed by atoms with van der Waals surface area (Å²) in [7, 11) is 2.80. The second kappa shape index (κ2) is 11.1. The Kier molecular flexibility index (Phi) is 7.94. The maximum atomic E-state index is 12.5. The number of methoxy groups -OCH3 is 2. The average Bonchev–Trinajstić information content (AvgIpc) is 3.17. The number of nitrogens with one attached hydrogen (secondary N) is 1. The Balaban J connectivity index is 1.64. The Bertz CT molecular complexity index is 1020. The highest BCUT2D eigenvalue weighted by Crippen LogP contribution is 2.25. The molecule has 8 nitrogen and oxygen atoms in total. The normalized spacial score (nSPS) is 10.4. The highest BCUT2D eigenvalue weighted by molar-refractivity contribution is 8.00. The van der Waals surface area contributed by atoms with E-state index in [-0.39, 0.29) is 17.5 Å². The Morgan fingerprint density at radius 2 is 1.90 bits per heavy atom. The van der Waals surface area contributed by atoms with Gasteiger partial charge in [-0.25, -0.2) is 4.79 Å². The van der Waals surface area contributed by atoms with Gasteiger partial charge in [-0.15, -0.1) is 16.9 Å². The van der Waals surface area contributed by atoms with E-state index in [4.69, 9.17) is 9.47 Å². The summed E-state index contributed by atoms with van der Waals surface area (Å²) < 4.78 is 16.4. The molecule has 0 fully saturated rings.